The summed E-state index contributed by atoms with van der Waals surface area (Å²) in [5.41, 5.74) is -0.672. The first-order valence-corrected chi connectivity index (χ1v) is 2.94. The van der Waals surface area contributed by atoms with E-state index in [2.05, 4.69) is 4.98 Å². The molecule has 1 heterocycles. The molecule has 4 nitrogen and oxygen atoms in total. The predicted molar refractivity (Wildman–Crippen MR) is 35.9 cm³/mol. The molecule has 11 heavy (non-hydrogen) atoms. The molecule has 0 unspecified atom stereocenters. The van der Waals surface area contributed by atoms with Gasteiger partial charge < -0.3 is 0 Å². The zero-order valence-electron chi connectivity index (χ0n) is 5.12. The van der Waals surface area contributed by atoms with Crippen molar-refractivity contribution in [1.29, 1.82) is 0 Å². The lowest BCUT2D eigenvalue weighted by Crippen LogP contribution is -1.93. The van der Waals surface area contributed by atoms with Crippen molar-refractivity contribution in [3.8, 4) is 0 Å². The van der Waals surface area contributed by atoms with E-state index in [1.807, 2.05) is 0 Å². The molecule has 0 aliphatic carbocycles. The summed E-state index contributed by atoms with van der Waals surface area (Å²) in [6.07, 6.45) is 0.775. The molecule has 0 saturated carbocycles. The predicted octanol–water partition coefficient (Wildman–Crippen LogP) is 1.78. The van der Waals surface area contributed by atoms with Gasteiger partial charge >= 0.3 is 5.69 Å². The molecule has 1 aromatic heterocycles. The summed E-state index contributed by atoms with van der Waals surface area (Å²) in [5.74, 6) is -0.977. The van der Waals surface area contributed by atoms with Crippen LogP contribution >= 0.6 is 11.6 Å². The molecule has 0 atom stereocenters. The number of hydrogen-bond donors (Lipinski definition) is 0. The van der Waals surface area contributed by atoms with Gasteiger partial charge in [-0.15, -0.1) is 0 Å². The first-order valence-electron chi connectivity index (χ1n) is 2.56. The van der Waals surface area contributed by atoms with Gasteiger partial charge in [-0.3, -0.25) is 10.1 Å². The smallest absolute Gasteiger partial charge is 0.258 e. The summed E-state index contributed by atoms with van der Waals surface area (Å²) in [6.45, 7) is 0. The highest BCUT2D eigenvalue weighted by Gasteiger charge is 2.13. The van der Waals surface area contributed by atoms with Gasteiger partial charge in [-0.2, -0.15) is 4.39 Å². The van der Waals surface area contributed by atoms with Crippen LogP contribution in [0.15, 0.2) is 12.3 Å². The van der Waals surface area contributed by atoms with Crippen LogP contribution in [0.4, 0.5) is 10.1 Å². The highest BCUT2D eigenvalue weighted by Crippen LogP contribution is 2.17. The number of halogens is 2. The van der Waals surface area contributed by atoms with E-state index >= 15 is 0 Å². The Balaban J connectivity index is 3.20. The Morgan fingerprint density at radius 2 is 2.36 bits per heavy atom. The first-order chi connectivity index (χ1) is 5.11. The van der Waals surface area contributed by atoms with Gasteiger partial charge in [0.1, 0.15) is 11.3 Å². The summed E-state index contributed by atoms with van der Waals surface area (Å²) < 4.78 is 12.5. The summed E-state index contributed by atoms with van der Waals surface area (Å²) in [7, 11) is 0. The van der Waals surface area contributed by atoms with Crippen molar-refractivity contribution in [1.82, 2.24) is 4.98 Å². The van der Waals surface area contributed by atoms with Gasteiger partial charge in [-0.05, 0) is 0 Å². The highest BCUT2D eigenvalue weighted by atomic mass is 35.5. The normalized spacial score (nSPS) is 9.64. The van der Waals surface area contributed by atoms with Crippen molar-refractivity contribution in [2.45, 2.75) is 0 Å². The van der Waals surface area contributed by atoms with Crippen molar-refractivity contribution in [2.24, 2.45) is 0 Å². The Kier molecular flexibility index (Phi) is 2.00. The zero-order chi connectivity index (χ0) is 8.43. The summed E-state index contributed by atoms with van der Waals surface area (Å²) in [6, 6.07) is 0.791. The van der Waals surface area contributed by atoms with Gasteiger partial charge in [-0.25, -0.2) is 4.98 Å². The number of rotatable bonds is 1. The maximum Gasteiger partial charge on any atom is 0.323 e. The van der Waals surface area contributed by atoms with Crippen molar-refractivity contribution < 1.29 is 9.31 Å². The van der Waals surface area contributed by atoms with E-state index in [0.717, 1.165) is 12.3 Å². The Morgan fingerprint density at radius 3 is 2.82 bits per heavy atom. The third kappa shape index (κ3) is 1.62. The molecular formula is C5H2ClFN2O2. The number of nitro groups is 1. The lowest BCUT2D eigenvalue weighted by Gasteiger charge is -1.91. The van der Waals surface area contributed by atoms with Gasteiger partial charge in [0.2, 0.25) is 5.82 Å². The third-order valence-electron chi connectivity index (χ3n) is 0.997. The average molecular weight is 177 g/mol. The molecule has 0 N–H and O–H groups in total. The Hall–Kier alpha value is -1.23. The van der Waals surface area contributed by atoms with Gasteiger partial charge in [0.05, 0.1) is 4.92 Å². The Labute approximate surface area is 65.8 Å². The van der Waals surface area contributed by atoms with E-state index in [9.17, 15) is 14.5 Å². The largest absolute Gasteiger partial charge is 0.323 e. The van der Waals surface area contributed by atoms with Crippen molar-refractivity contribution in [3.63, 3.8) is 0 Å². The average Bonchev–Trinajstić information content (AvgIpc) is 1.85. The lowest BCUT2D eigenvalue weighted by molar-refractivity contribution is -0.387. The van der Waals surface area contributed by atoms with Crippen LogP contribution in [-0.2, 0) is 0 Å². The third-order valence-corrected chi connectivity index (χ3v) is 1.20. The van der Waals surface area contributed by atoms with Crippen LogP contribution in [0.25, 0.3) is 0 Å². The van der Waals surface area contributed by atoms with Crippen LogP contribution in [0.2, 0.25) is 5.15 Å². The minimum Gasteiger partial charge on any atom is -0.258 e. The second-order valence-corrected chi connectivity index (χ2v) is 2.10. The molecule has 0 saturated heterocycles. The standard InChI is InChI=1S/C5H2ClFN2O2/c6-5-1-3(7)4(2-8-5)9(10)11/h1-2H. The highest BCUT2D eigenvalue weighted by molar-refractivity contribution is 6.29. The summed E-state index contributed by atoms with van der Waals surface area (Å²) in [5, 5.41) is 9.91. The molecule has 1 rings (SSSR count). The van der Waals surface area contributed by atoms with Crippen molar-refractivity contribution in [2.75, 3.05) is 0 Å². The molecule has 0 fully saturated rings. The Bertz CT molecular complexity index is 305. The number of nitrogens with zero attached hydrogens (tertiary/aromatic N) is 2. The van der Waals surface area contributed by atoms with Crippen LogP contribution in [-0.4, -0.2) is 9.91 Å². The first kappa shape index (κ1) is 7.87. The molecule has 58 valence electrons. The number of hydrogen-bond acceptors (Lipinski definition) is 3. The molecule has 1 aromatic rings. The Morgan fingerprint density at radius 1 is 1.73 bits per heavy atom. The fourth-order valence-electron chi connectivity index (χ4n) is 0.535. The number of pyridine rings is 1. The molecule has 0 aliphatic heterocycles. The molecule has 0 aromatic carbocycles. The van der Waals surface area contributed by atoms with Gasteiger partial charge in [0.15, 0.2) is 0 Å². The van der Waals surface area contributed by atoms with E-state index in [1.165, 1.54) is 0 Å². The second-order valence-electron chi connectivity index (χ2n) is 1.72. The quantitative estimate of drug-likeness (QED) is 0.372. The van der Waals surface area contributed by atoms with E-state index in [-0.39, 0.29) is 5.15 Å². The van der Waals surface area contributed by atoms with Crippen molar-refractivity contribution in [3.05, 3.63) is 33.3 Å². The fourth-order valence-corrected chi connectivity index (χ4v) is 0.679. The zero-order valence-corrected chi connectivity index (χ0v) is 5.88. The minimum absolute atomic E-state index is 0.104. The van der Waals surface area contributed by atoms with Crippen LogP contribution in [0.1, 0.15) is 0 Å². The molecule has 0 bridgehead atoms. The van der Waals surface area contributed by atoms with Crippen molar-refractivity contribution >= 4 is 17.3 Å². The van der Waals surface area contributed by atoms with E-state index in [4.69, 9.17) is 11.6 Å². The SMILES string of the molecule is O=[N+]([O-])c1cnc(Cl)cc1F. The molecule has 0 aliphatic rings. The lowest BCUT2D eigenvalue weighted by atomic mass is 10.4. The monoisotopic (exact) mass is 176 g/mol. The van der Waals surface area contributed by atoms with Crippen LogP contribution in [0.5, 0.6) is 0 Å². The van der Waals surface area contributed by atoms with E-state index in [1.54, 1.807) is 0 Å². The van der Waals surface area contributed by atoms with Gasteiger partial charge in [-0.1, -0.05) is 11.6 Å². The second kappa shape index (κ2) is 2.79. The maximum absolute atomic E-state index is 12.5. The van der Waals surface area contributed by atoms with E-state index in [0.29, 0.717) is 0 Å². The molecule has 0 amide bonds. The van der Waals surface area contributed by atoms with Crippen LogP contribution in [0.3, 0.4) is 0 Å². The number of aromatic nitrogens is 1. The topological polar surface area (TPSA) is 56.0 Å². The van der Waals surface area contributed by atoms with E-state index < -0.39 is 16.4 Å². The maximum atomic E-state index is 12.5. The van der Waals surface area contributed by atoms with Gasteiger partial charge in [0.25, 0.3) is 0 Å². The minimum atomic E-state index is -0.977. The summed E-state index contributed by atoms with van der Waals surface area (Å²) >= 11 is 5.25. The molecule has 0 radical (unpaired) electrons. The fraction of sp³-hybridized carbons (Fsp3) is 0. The molecule has 6 heteroatoms. The van der Waals surface area contributed by atoms with Crippen LogP contribution < -0.4 is 0 Å². The summed E-state index contributed by atoms with van der Waals surface area (Å²) in [4.78, 5) is 12.5. The van der Waals surface area contributed by atoms with Crippen LogP contribution in [0, 0.1) is 15.9 Å². The molecule has 0 spiro atoms. The molecular weight excluding hydrogens is 175 g/mol. The van der Waals surface area contributed by atoms with Gasteiger partial charge in [0, 0.05) is 6.07 Å².